The summed E-state index contributed by atoms with van der Waals surface area (Å²) in [4.78, 5) is 4.03. The number of thioether (sulfide) groups is 1. The maximum atomic E-state index is 13.0. The molecule has 0 saturated heterocycles. The molecule has 31 heavy (non-hydrogen) atoms. The highest BCUT2D eigenvalue weighted by molar-refractivity contribution is 8.00. The van der Waals surface area contributed by atoms with Crippen molar-refractivity contribution in [1.82, 2.24) is 0 Å². The van der Waals surface area contributed by atoms with Crippen molar-refractivity contribution < 1.29 is 8.42 Å². The SMILES string of the molecule is CC(C)(C)Sc1ccc(Sc2ccc(S(=O)(=O)c3ccc(C(C)(C)C)cc3)cc2)cc1. The van der Waals surface area contributed by atoms with Crippen LogP contribution < -0.4 is 0 Å². The summed E-state index contributed by atoms with van der Waals surface area (Å²) in [6.45, 7) is 13.0. The number of rotatable bonds is 5. The first-order chi connectivity index (χ1) is 14.3. The molecule has 0 aliphatic carbocycles. The average molecular weight is 471 g/mol. The quantitative estimate of drug-likeness (QED) is 0.355. The lowest BCUT2D eigenvalue weighted by atomic mass is 9.87. The van der Waals surface area contributed by atoms with Crippen LogP contribution in [0, 0.1) is 0 Å². The van der Waals surface area contributed by atoms with Gasteiger partial charge in [0.1, 0.15) is 0 Å². The van der Waals surface area contributed by atoms with Crippen LogP contribution in [0.15, 0.2) is 97.3 Å². The summed E-state index contributed by atoms with van der Waals surface area (Å²) in [6, 6.07) is 22.8. The van der Waals surface area contributed by atoms with Crippen molar-refractivity contribution in [3.05, 3.63) is 78.4 Å². The lowest BCUT2D eigenvalue weighted by Crippen LogP contribution is -2.11. The van der Waals surface area contributed by atoms with Gasteiger partial charge in [-0.25, -0.2) is 8.42 Å². The highest BCUT2D eigenvalue weighted by Gasteiger charge is 2.20. The second kappa shape index (κ2) is 9.05. The Morgan fingerprint density at radius 3 is 1.39 bits per heavy atom. The van der Waals surface area contributed by atoms with Gasteiger partial charge in [-0.3, -0.25) is 0 Å². The minimum atomic E-state index is -3.53. The number of benzene rings is 3. The predicted octanol–water partition coefficient (Wildman–Crippen LogP) is 7.86. The zero-order valence-electron chi connectivity index (χ0n) is 19.0. The van der Waals surface area contributed by atoms with E-state index in [-0.39, 0.29) is 10.2 Å². The first-order valence-corrected chi connectivity index (χ1v) is 13.4. The molecule has 0 bridgehead atoms. The molecule has 3 aromatic rings. The summed E-state index contributed by atoms with van der Waals surface area (Å²) >= 11 is 3.47. The van der Waals surface area contributed by atoms with Crippen molar-refractivity contribution in [2.75, 3.05) is 0 Å². The van der Waals surface area contributed by atoms with Gasteiger partial charge in [0, 0.05) is 19.4 Å². The van der Waals surface area contributed by atoms with E-state index in [4.69, 9.17) is 0 Å². The minimum absolute atomic E-state index is 0.00913. The van der Waals surface area contributed by atoms with E-state index in [0.29, 0.717) is 9.79 Å². The zero-order chi connectivity index (χ0) is 22.9. The van der Waals surface area contributed by atoms with Crippen molar-refractivity contribution >= 4 is 33.4 Å². The lowest BCUT2D eigenvalue weighted by Gasteiger charge is -2.19. The summed E-state index contributed by atoms with van der Waals surface area (Å²) in [7, 11) is -3.53. The molecule has 0 amide bonds. The predicted molar refractivity (Wildman–Crippen MR) is 133 cm³/mol. The van der Waals surface area contributed by atoms with Gasteiger partial charge < -0.3 is 0 Å². The third-order valence-corrected chi connectivity index (χ3v) is 8.57. The van der Waals surface area contributed by atoms with Gasteiger partial charge in [0.15, 0.2) is 0 Å². The maximum Gasteiger partial charge on any atom is 0.206 e. The van der Waals surface area contributed by atoms with Crippen molar-refractivity contribution in [3.63, 3.8) is 0 Å². The van der Waals surface area contributed by atoms with E-state index in [9.17, 15) is 8.42 Å². The van der Waals surface area contributed by atoms with Crippen LogP contribution in [0.1, 0.15) is 47.1 Å². The fourth-order valence-corrected chi connectivity index (χ4v) is 6.08. The lowest BCUT2D eigenvalue weighted by molar-refractivity contribution is 0.586. The summed E-state index contributed by atoms with van der Waals surface area (Å²) in [5, 5.41) is 0. The Morgan fingerprint density at radius 2 is 0.968 bits per heavy atom. The standard InChI is InChI=1S/C26H30O2S3/c1-25(2,3)19-7-15-23(16-8-19)31(27,28)24-17-13-21(14-18-24)29-20-9-11-22(12-10-20)30-26(4,5)6/h7-18H,1-6H3. The van der Waals surface area contributed by atoms with Crippen LogP contribution >= 0.6 is 23.5 Å². The molecule has 5 heteroatoms. The largest absolute Gasteiger partial charge is 0.219 e. The van der Waals surface area contributed by atoms with E-state index in [1.807, 2.05) is 36.0 Å². The number of hydrogen-bond acceptors (Lipinski definition) is 4. The minimum Gasteiger partial charge on any atom is -0.219 e. The van der Waals surface area contributed by atoms with Gasteiger partial charge in [-0.15, -0.1) is 11.8 Å². The molecule has 0 atom stereocenters. The van der Waals surface area contributed by atoms with Gasteiger partial charge in [-0.2, -0.15) is 0 Å². The molecule has 0 aliphatic heterocycles. The van der Waals surface area contributed by atoms with E-state index in [2.05, 4.69) is 65.8 Å². The topological polar surface area (TPSA) is 34.1 Å². The van der Waals surface area contributed by atoms with Crippen molar-refractivity contribution in [2.45, 2.75) is 76.2 Å². The van der Waals surface area contributed by atoms with Crippen LogP contribution in [0.3, 0.4) is 0 Å². The van der Waals surface area contributed by atoms with E-state index in [1.165, 1.54) is 4.90 Å². The van der Waals surface area contributed by atoms with E-state index in [0.717, 1.165) is 15.4 Å². The summed E-state index contributed by atoms with van der Waals surface area (Å²) in [5.74, 6) is 0. The molecule has 0 N–H and O–H groups in total. The van der Waals surface area contributed by atoms with Gasteiger partial charge in [-0.05, 0) is 71.6 Å². The summed E-state index contributed by atoms with van der Waals surface area (Å²) in [5.41, 5.74) is 1.11. The third kappa shape index (κ3) is 6.41. The van der Waals surface area contributed by atoms with Crippen LogP contribution in [0.2, 0.25) is 0 Å². The molecular weight excluding hydrogens is 440 g/mol. The molecule has 0 heterocycles. The Hall–Kier alpha value is -1.69. The Bertz CT molecular complexity index is 1120. The second-order valence-corrected chi connectivity index (χ2v) is 14.5. The molecule has 3 aromatic carbocycles. The molecule has 0 fully saturated rings. The number of hydrogen-bond donors (Lipinski definition) is 0. The van der Waals surface area contributed by atoms with E-state index < -0.39 is 9.84 Å². The highest BCUT2D eigenvalue weighted by atomic mass is 32.2. The van der Waals surface area contributed by atoms with Crippen molar-refractivity contribution in [3.8, 4) is 0 Å². The average Bonchev–Trinajstić information content (AvgIpc) is 2.68. The highest BCUT2D eigenvalue weighted by Crippen LogP contribution is 2.35. The van der Waals surface area contributed by atoms with Gasteiger partial charge in [0.2, 0.25) is 9.84 Å². The fraction of sp³-hybridized carbons (Fsp3) is 0.308. The smallest absolute Gasteiger partial charge is 0.206 e. The van der Waals surface area contributed by atoms with Gasteiger partial charge in [-0.1, -0.05) is 65.4 Å². The zero-order valence-corrected chi connectivity index (χ0v) is 21.4. The molecule has 0 unspecified atom stereocenters. The van der Waals surface area contributed by atoms with Crippen molar-refractivity contribution in [1.29, 1.82) is 0 Å². The molecule has 0 spiro atoms. The van der Waals surface area contributed by atoms with Crippen LogP contribution in [0.25, 0.3) is 0 Å². The van der Waals surface area contributed by atoms with E-state index in [1.54, 1.807) is 36.0 Å². The second-order valence-electron chi connectivity index (χ2n) is 9.54. The first kappa shape index (κ1) is 24.0. The fourth-order valence-electron chi connectivity index (χ4n) is 3.02. The molecule has 0 aliphatic rings. The van der Waals surface area contributed by atoms with Gasteiger partial charge in [0.25, 0.3) is 0 Å². The van der Waals surface area contributed by atoms with Crippen LogP contribution in [-0.4, -0.2) is 13.2 Å². The van der Waals surface area contributed by atoms with Crippen LogP contribution in [-0.2, 0) is 15.3 Å². The van der Waals surface area contributed by atoms with Gasteiger partial charge in [0.05, 0.1) is 9.79 Å². The maximum absolute atomic E-state index is 13.0. The Kier molecular flexibility index (Phi) is 6.99. The first-order valence-electron chi connectivity index (χ1n) is 10.3. The molecule has 0 aromatic heterocycles. The molecule has 164 valence electrons. The monoisotopic (exact) mass is 470 g/mol. The van der Waals surface area contributed by atoms with Crippen LogP contribution in [0.4, 0.5) is 0 Å². The number of sulfone groups is 1. The normalized spacial score (nSPS) is 12.7. The third-order valence-electron chi connectivity index (χ3n) is 4.65. The van der Waals surface area contributed by atoms with E-state index >= 15 is 0 Å². The molecular formula is C26H30O2S3. The molecule has 2 nitrogen and oxygen atoms in total. The Morgan fingerprint density at radius 1 is 0.581 bits per heavy atom. The summed E-state index contributed by atoms with van der Waals surface area (Å²) < 4.78 is 26.2. The molecule has 0 radical (unpaired) electrons. The van der Waals surface area contributed by atoms with Crippen molar-refractivity contribution in [2.24, 2.45) is 0 Å². The summed E-state index contributed by atoms with van der Waals surface area (Å²) in [6.07, 6.45) is 0. The van der Waals surface area contributed by atoms with Gasteiger partial charge >= 0.3 is 0 Å². The molecule has 3 rings (SSSR count). The Balaban J connectivity index is 1.73. The Labute approximate surface area is 195 Å². The molecule has 0 saturated carbocycles. The van der Waals surface area contributed by atoms with Crippen LogP contribution in [0.5, 0.6) is 0 Å².